The number of hydrogen-bond donors (Lipinski definition) is 3. The minimum absolute atomic E-state index is 0. The highest BCUT2D eigenvalue weighted by molar-refractivity contribution is 7.89. The Kier molecular flexibility index (Phi) is 7.30. The van der Waals surface area contributed by atoms with E-state index in [2.05, 4.69) is 10.0 Å². The Morgan fingerprint density at radius 2 is 1.95 bits per heavy atom. The Bertz CT molecular complexity index is 627. The number of ether oxygens (including phenoxy) is 1. The minimum atomic E-state index is -3.72. The number of carbonyl (C=O) groups excluding carboxylic acids is 1. The second kappa shape index (κ2) is 7.77. The van der Waals surface area contributed by atoms with Gasteiger partial charge in [0.15, 0.2) is 0 Å². The van der Waals surface area contributed by atoms with E-state index >= 15 is 0 Å². The average molecular weight is 352 g/mol. The SMILES string of the molecule is CNS(=O)(=O)c1cc(C(=O)NCC(C)(C)N)ccc1OC.Cl. The Balaban J connectivity index is 0.00000441. The number of nitrogens with two attached hydrogens (primary N) is 1. The van der Waals surface area contributed by atoms with Crippen molar-refractivity contribution >= 4 is 28.3 Å². The van der Waals surface area contributed by atoms with Crippen molar-refractivity contribution in [3.8, 4) is 5.75 Å². The van der Waals surface area contributed by atoms with Crippen molar-refractivity contribution in [3.63, 3.8) is 0 Å². The smallest absolute Gasteiger partial charge is 0.251 e. The van der Waals surface area contributed by atoms with Crippen LogP contribution in [0.4, 0.5) is 0 Å². The molecule has 9 heteroatoms. The molecule has 22 heavy (non-hydrogen) atoms. The van der Waals surface area contributed by atoms with Gasteiger partial charge in [-0.1, -0.05) is 0 Å². The monoisotopic (exact) mass is 351 g/mol. The predicted octanol–water partition coefficient (Wildman–Crippen LogP) is 0.492. The molecule has 0 radical (unpaired) electrons. The van der Waals surface area contributed by atoms with E-state index in [1.165, 1.54) is 32.4 Å². The highest BCUT2D eigenvalue weighted by Gasteiger charge is 2.20. The molecule has 4 N–H and O–H groups in total. The second-order valence-electron chi connectivity index (χ2n) is 5.24. The van der Waals surface area contributed by atoms with Crippen LogP contribution >= 0.6 is 12.4 Å². The molecular weight excluding hydrogens is 330 g/mol. The van der Waals surface area contributed by atoms with Crippen molar-refractivity contribution in [2.45, 2.75) is 24.3 Å². The highest BCUT2D eigenvalue weighted by atomic mass is 35.5. The first kappa shape index (κ1) is 20.6. The average Bonchev–Trinajstić information content (AvgIpc) is 2.43. The molecule has 0 aliphatic rings. The normalized spacial score (nSPS) is 11.5. The maximum atomic E-state index is 12.0. The number of methoxy groups -OCH3 is 1. The van der Waals surface area contributed by atoms with E-state index in [1.54, 1.807) is 13.8 Å². The molecule has 0 aliphatic carbocycles. The van der Waals surface area contributed by atoms with Crippen LogP contribution in [0.5, 0.6) is 5.75 Å². The van der Waals surface area contributed by atoms with E-state index < -0.39 is 21.5 Å². The first-order chi connectivity index (χ1) is 9.60. The van der Waals surface area contributed by atoms with Crippen LogP contribution in [0.15, 0.2) is 23.1 Å². The molecule has 0 fully saturated rings. The van der Waals surface area contributed by atoms with Gasteiger partial charge in [-0.15, -0.1) is 12.4 Å². The van der Waals surface area contributed by atoms with E-state index in [0.29, 0.717) is 0 Å². The van der Waals surface area contributed by atoms with Gasteiger partial charge >= 0.3 is 0 Å². The molecule has 7 nitrogen and oxygen atoms in total. The van der Waals surface area contributed by atoms with Crippen molar-refractivity contribution in [2.24, 2.45) is 5.73 Å². The predicted molar refractivity (Wildman–Crippen MR) is 87.1 cm³/mol. The molecule has 1 aromatic rings. The maximum absolute atomic E-state index is 12.0. The number of benzene rings is 1. The number of rotatable bonds is 6. The third-order valence-corrected chi connectivity index (χ3v) is 4.12. The van der Waals surface area contributed by atoms with Crippen LogP contribution in [-0.2, 0) is 10.0 Å². The summed E-state index contributed by atoms with van der Waals surface area (Å²) in [6, 6.07) is 4.20. The topological polar surface area (TPSA) is 111 Å². The van der Waals surface area contributed by atoms with Gasteiger partial charge in [0.1, 0.15) is 10.6 Å². The molecule has 0 saturated carbocycles. The number of nitrogens with one attached hydrogen (secondary N) is 2. The molecular formula is C13H22ClN3O4S. The summed E-state index contributed by atoms with van der Waals surface area (Å²) in [5.74, 6) is -0.233. The first-order valence-electron chi connectivity index (χ1n) is 6.29. The highest BCUT2D eigenvalue weighted by Crippen LogP contribution is 2.24. The molecule has 1 aromatic carbocycles. The van der Waals surface area contributed by atoms with Gasteiger partial charge < -0.3 is 15.8 Å². The second-order valence-corrected chi connectivity index (χ2v) is 7.10. The third kappa shape index (κ3) is 5.45. The fourth-order valence-electron chi connectivity index (χ4n) is 1.55. The van der Waals surface area contributed by atoms with E-state index in [9.17, 15) is 13.2 Å². The quantitative estimate of drug-likeness (QED) is 0.691. The first-order valence-corrected chi connectivity index (χ1v) is 7.78. The minimum Gasteiger partial charge on any atom is -0.495 e. The zero-order valence-corrected chi connectivity index (χ0v) is 14.6. The van der Waals surface area contributed by atoms with Crippen molar-refractivity contribution in [1.29, 1.82) is 0 Å². The van der Waals surface area contributed by atoms with Gasteiger partial charge in [0.25, 0.3) is 5.91 Å². The van der Waals surface area contributed by atoms with E-state index in [-0.39, 0.29) is 35.2 Å². The van der Waals surface area contributed by atoms with Gasteiger partial charge in [-0.3, -0.25) is 4.79 Å². The summed E-state index contributed by atoms with van der Waals surface area (Å²) in [5.41, 5.74) is 5.45. The fourth-order valence-corrected chi connectivity index (χ4v) is 2.47. The molecule has 0 saturated heterocycles. The zero-order chi connectivity index (χ0) is 16.3. The number of halogens is 1. The lowest BCUT2D eigenvalue weighted by molar-refractivity contribution is 0.0946. The molecule has 0 unspecified atom stereocenters. The molecule has 1 rings (SSSR count). The standard InChI is InChI=1S/C13H21N3O4S.ClH/c1-13(2,14)8-16-12(17)9-5-6-10(20-4)11(7-9)21(18,19)15-3;/h5-7,15H,8,14H2,1-4H3,(H,16,17);1H. The third-order valence-electron chi connectivity index (χ3n) is 2.69. The van der Waals surface area contributed by atoms with Gasteiger partial charge in [-0.05, 0) is 39.1 Å². The van der Waals surface area contributed by atoms with Gasteiger partial charge in [-0.25, -0.2) is 13.1 Å². The molecule has 0 bridgehead atoms. The number of hydrogen-bond acceptors (Lipinski definition) is 5. The summed E-state index contributed by atoms with van der Waals surface area (Å²) in [4.78, 5) is 11.9. The Morgan fingerprint density at radius 1 is 1.36 bits per heavy atom. The lowest BCUT2D eigenvalue weighted by Crippen LogP contribution is -2.45. The van der Waals surface area contributed by atoms with Crippen LogP contribution in [0, 0.1) is 0 Å². The van der Waals surface area contributed by atoms with Crippen molar-refractivity contribution < 1.29 is 17.9 Å². The van der Waals surface area contributed by atoms with Crippen LogP contribution in [0.1, 0.15) is 24.2 Å². The van der Waals surface area contributed by atoms with Crippen LogP contribution < -0.4 is 20.5 Å². The van der Waals surface area contributed by atoms with Crippen LogP contribution in [0.3, 0.4) is 0 Å². The van der Waals surface area contributed by atoms with Crippen LogP contribution in [0.2, 0.25) is 0 Å². The molecule has 0 heterocycles. The van der Waals surface area contributed by atoms with E-state index in [0.717, 1.165) is 0 Å². The Hall–Kier alpha value is -1.35. The number of carbonyl (C=O) groups is 1. The molecule has 0 aromatic heterocycles. The summed E-state index contributed by atoms with van der Waals surface area (Å²) in [6.07, 6.45) is 0. The zero-order valence-electron chi connectivity index (χ0n) is 13.0. The van der Waals surface area contributed by atoms with Gasteiger partial charge in [0.2, 0.25) is 10.0 Å². The largest absolute Gasteiger partial charge is 0.495 e. The Labute approximate surface area is 137 Å². The van der Waals surface area contributed by atoms with Crippen molar-refractivity contribution in [3.05, 3.63) is 23.8 Å². The van der Waals surface area contributed by atoms with Gasteiger partial charge in [-0.2, -0.15) is 0 Å². The van der Waals surface area contributed by atoms with Crippen molar-refractivity contribution in [2.75, 3.05) is 20.7 Å². The summed E-state index contributed by atoms with van der Waals surface area (Å²) >= 11 is 0. The fraction of sp³-hybridized carbons (Fsp3) is 0.462. The van der Waals surface area contributed by atoms with Crippen molar-refractivity contribution in [1.82, 2.24) is 10.0 Å². The summed E-state index contributed by atoms with van der Waals surface area (Å²) in [7, 11) is -1.07. The summed E-state index contributed by atoms with van der Waals surface area (Å²) in [5, 5.41) is 2.65. The number of sulfonamides is 1. The van der Waals surface area contributed by atoms with Crippen LogP contribution in [0.25, 0.3) is 0 Å². The molecule has 0 atom stereocenters. The molecule has 0 spiro atoms. The van der Waals surface area contributed by atoms with E-state index in [4.69, 9.17) is 10.5 Å². The van der Waals surface area contributed by atoms with Gasteiger partial charge in [0.05, 0.1) is 7.11 Å². The number of amides is 1. The van der Waals surface area contributed by atoms with Crippen LogP contribution in [-0.4, -0.2) is 40.6 Å². The summed E-state index contributed by atoms with van der Waals surface area (Å²) < 4.78 is 31.1. The lowest BCUT2D eigenvalue weighted by atomic mass is 10.1. The van der Waals surface area contributed by atoms with E-state index in [1.807, 2.05) is 0 Å². The summed E-state index contributed by atoms with van der Waals surface area (Å²) in [6.45, 7) is 3.82. The lowest BCUT2D eigenvalue weighted by Gasteiger charge is -2.19. The molecule has 1 amide bonds. The Morgan fingerprint density at radius 3 is 2.41 bits per heavy atom. The molecule has 0 aliphatic heterocycles. The maximum Gasteiger partial charge on any atom is 0.251 e. The van der Waals surface area contributed by atoms with Gasteiger partial charge in [0, 0.05) is 17.6 Å². The molecule has 126 valence electrons.